The molecule has 12 heavy (non-hydrogen) atoms. The summed E-state index contributed by atoms with van der Waals surface area (Å²) in [5.41, 5.74) is 0.727. The first kappa shape index (κ1) is 12.3. The Morgan fingerprint density at radius 3 is 2.50 bits per heavy atom. The molecular weight excluding hydrogens is 190 g/mol. The third kappa shape index (κ3) is 2.95. The summed E-state index contributed by atoms with van der Waals surface area (Å²) in [6.07, 6.45) is 0. The summed E-state index contributed by atoms with van der Waals surface area (Å²) < 4.78 is 33.3. The zero-order chi connectivity index (χ0) is 8.43. The smallest absolute Gasteiger partial charge is 0.768 e. The fraction of sp³-hybridized carbons (Fsp3) is 0.143. The van der Waals surface area contributed by atoms with Crippen molar-refractivity contribution >= 4 is 11.1 Å². The van der Waals surface area contributed by atoms with Gasteiger partial charge in [0.2, 0.25) is 0 Å². The minimum Gasteiger partial charge on any atom is -0.768 e. The average molecular weight is 196 g/mol. The van der Waals surface area contributed by atoms with Crippen molar-refractivity contribution in [3.05, 3.63) is 29.6 Å². The zero-order valence-corrected chi connectivity index (χ0v) is 9.65. The van der Waals surface area contributed by atoms with Crippen LogP contribution in [0.15, 0.2) is 23.1 Å². The molecule has 2 nitrogen and oxygen atoms in total. The third-order valence-electron chi connectivity index (χ3n) is 1.27. The molecule has 1 aromatic rings. The third-order valence-corrected chi connectivity index (χ3v) is 1.94. The van der Waals surface area contributed by atoms with Crippen LogP contribution in [0.4, 0.5) is 4.39 Å². The summed E-state index contributed by atoms with van der Waals surface area (Å²) in [6, 6.07) is 3.95. The Bertz CT molecular complexity index is 303. The summed E-state index contributed by atoms with van der Waals surface area (Å²) in [5, 5.41) is 0. The summed E-state index contributed by atoms with van der Waals surface area (Å²) in [5.74, 6) is -0.705. The SMILES string of the molecule is Cc1ccc(F)c(S(=O)[O-])c1.[Na+]. The van der Waals surface area contributed by atoms with E-state index in [9.17, 15) is 13.2 Å². The predicted octanol–water partition coefficient (Wildman–Crippen LogP) is -1.62. The molecule has 0 radical (unpaired) electrons. The summed E-state index contributed by atoms with van der Waals surface area (Å²) >= 11 is -2.48. The fourth-order valence-electron chi connectivity index (χ4n) is 0.738. The Morgan fingerprint density at radius 2 is 2.08 bits per heavy atom. The van der Waals surface area contributed by atoms with E-state index in [-0.39, 0.29) is 34.5 Å². The van der Waals surface area contributed by atoms with E-state index >= 15 is 0 Å². The topological polar surface area (TPSA) is 40.1 Å². The molecule has 1 atom stereocenters. The van der Waals surface area contributed by atoms with Gasteiger partial charge in [0, 0.05) is 0 Å². The van der Waals surface area contributed by atoms with Gasteiger partial charge in [-0.15, -0.1) is 0 Å². The standard InChI is InChI=1S/C7H7FO2S.Na/c1-5-2-3-6(8)7(4-5)11(9)10;/h2-4H,1H3,(H,9,10);/q;+1/p-1. The van der Waals surface area contributed by atoms with Crippen LogP contribution in [0.25, 0.3) is 0 Å². The van der Waals surface area contributed by atoms with Crippen LogP contribution in [0.2, 0.25) is 0 Å². The van der Waals surface area contributed by atoms with E-state index in [1.807, 2.05) is 0 Å². The number of halogens is 1. The van der Waals surface area contributed by atoms with E-state index < -0.39 is 16.9 Å². The van der Waals surface area contributed by atoms with Crippen molar-refractivity contribution in [1.82, 2.24) is 0 Å². The molecule has 0 aliphatic heterocycles. The summed E-state index contributed by atoms with van der Waals surface area (Å²) in [4.78, 5) is -0.273. The molecule has 0 aliphatic rings. The maximum absolute atomic E-state index is 12.6. The molecule has 0 aromatic heterocycles. The quantitative estimate of drug-likeness (QED) is 0.400. The van der Waals surface area contributed by atoms with Crippen LogP contribution in [-0.4, -0.2) is 8.76 Å². The zero-order valence-electron chi connectivity index (χ0n) is 6.83. The van der Waals surface area contributed by atoms with Gasteiger partial charge in [-0.05, 0) is 35.7 Å². The van der Waals surface area contributed by atoms with Gasteiger partial charge in [-0.3, -0.25) is 4.21 Å². The molecule has 60 valence electrons. The van der Waals surface area contributed by atoms with Gasteiger partial charge in [-0.2, -0.15) is 0 Å². The van der Waals surface area contributed by atoms with E-state index in [0.717, 1.165) is 11.6 Å². The molecule has 0 amide bonds. The van der Waals surface area contributed by atoms with Crippen LogP contribution in [0.5, 0.6) is 0 Å². The van der Waals surface area contributed by atoms with Crippen LogP contribution in [0.3, 0.4) is 0 Å². The predicted molar refractivity (Wildman–Crippen MR) is 38.3 cm³/mol. The Morgan fingerprint density at radius 1 is 1.50 bits per heavy atom. The normalized spacial score (nSPS) is 11.9. The van der Waals surface area contributed by atoms with Gasteiger partial charge in [0.25, 0.3) is 0 Å². The van der Waals surface area contributed by atoms with E-state index in [0.29, 0.717) is 0 Å². The van der Waals surface area contributed by atoms with Crippen molar-refractivity contribution in [2.75, 3.05) is 0 Å². The monoisotopic (exact) mass is 196 g/mol. The fourth-order valence-corrected chi connectivity index (χ4v) is 1.25. The van der Waals surface area contributed by atoms with E-state index in [1.165, 1.54) is 12.1 Å². The molecule has 0 fully saturated rings. The van der Waals surface area contributed by atoms with Crippen molar-refractivity contribution in [2.45, 2.75) is 11.8 Å². The molecule has 0 heterocycles. The first-order valence-electron chi connectivity index (χ1n) is 2.96. The second kappa shape index (κ2) is 5.09. The van der Waals surface area contributed by atoms with Crippen molar-refractivity contribution in [3.8, 4) is 0 Å². The molecule has 0 N–H and O–H groups in total. The molecule has 1 unspecified atom stereocenters. The van der Waals surface area contributed by atoms with Crippen molar-refractivity contribution < 1.29 is 42.7 Å². The number of rotatable bonds is 1. The van der Waals surface area contributed by atoms with Gasteiger partial charge in [-0.25, -0.2) is 4.39 Å². The number of hydrogen-bond donors (Lipinski definition) is 0. The first-order chi connectivity index (χ1) is 5.11. The average Bonchev–Trinajstić information content (AvgIpc) is 1.94. The van der Waals surface area contributed by atoms with Crippen LogP contribution in [0, 0.1) is 12.7 Å². The Labute approximate surface area is 94.8 Å². The van der Waals surface area contributed by atoms with E-state index in [1.54, 1.807) is 6.92 Å². The van der Waals surface area contributed by atoms with Crippen molar-refractivity contribution in [2.24, 2.45) is 0 Å². The second-order valence-corrected chi connectivity index (χ2v) is 3.08. The number of aryl methyl sites for hydroxylation is 1. The Kier molecular flexibility index (Phi) is 5.20. The second-order valence-electron chi connectivity index (χ2n) is 2.17. The molecule has 5 heteroatoms. The van der Waals surface area contributed by atoms with Crippen molar-refractivity contribution in [3.63, 3.8) is 0 Å². The Balaban J connectivity index is 0.00000121. The number of benzene rings is 1. The van der Waals surface area contributed by atoms with E-state index in [2.05, 4.69) is 0 Å². The van der Waals surface area contributed by atoms with Crippen LogP contribution in [-0.2, 0) is 11.1 Å². The molecular formula is C7H6FNaO2S. The molecule has 1 aromatic carbocycles. The largest absolute Gasteiger partial charge is 1.00 e. The summed E-state index contributed by atoms with van der Waals surface area (Å²) in [7, 11) is 0. The molecule has 0 spiro atoms. The molecule has 0 saturated carbocycles. The van der Waals surface area contributed by atoms with Gasteiger partial charge in [0.15, 0.2) is 0 Å². The van der Waals surface area contributed by atoms with Gasteiger partial charge in [0.05, 0.1) is 4.90 Å². The minimum absolute atomic E-state index is 0. The van der Waals surface area contributed by atoms with Crippen LogP contribution in [0.1, 0.15) is 5.56 Å². The van der Waals surface area contributed by atoms with Gasteiger partial charge < -0.3 is 4.55 Å². The molecule has 1 rings (SSSR count). The summed E-state index contributed by atoms with van der Waals surface area (Å²) in [6.45, 7) is 1.70. The molecule has 0 saturated heterocycles. The maximum atomic E-state index is 12.6. The van der Waals surface area contributed by atoms with Crippen molar-refractivity contribution in [1.29, 1.82) is 0 Å². The first-order valence-corrected chi connectivity index (χ1v) is 4.04. The Hall–Kier alpha value is 0.260. The maximum Gasteiger partial charge on any atom is 1.00 e. The van der Waals surface area contributed by atoms with Gasteiger partial charge in [-0.1, -0.05) is 6.07 Å². The molecule has 0 aliphatic carbocycles. The number of hydrogen-bond acceptors (Lipinski definition) is 2. The van der Waals surface area contributed by atoms with E-state index in [4.69, 9.17) is 0 Å². The molecule has 0 bridgehead atoms. The van der Waals surface area contributed by atoms with Gasteiger partial charge in [0.1, 0.15) is 5.82 Å². The van der Waals surface area contributed by atoms with Gasteiger partial charge >= 0.3 is 29.6 Å². The van der Waals surface area contributed by atoms with Crippen LogP contribution >= 0.6 is 0 Å². The van der Waals surface area contributed by atoms with Crippen LogP contribution < -0.4 is 29.6 Å². The minimum atomic E-state index is -2.48.